The van der Waals surface area contributed by atoms with E-state index in [2.05, 4.69) is 25.4 Å². The Balaban J connectivity index is 1.38. The van der Waals surface area contributed by atoms with Gasteiger partial charge in [-0.25, -0.2) is 9.37 Å². The molecule has 12 heteroatoms. The molecule has 2 saturated heterocycles. The van der Waals surface area contributed by atoms with Crippen LogP contribution in [0.25, 0.3) is 0 Å². The number of carbonyl (C=O) groups excluding carboxylic acids is 2. The number of halogens is 4. The summed E-state index contributed by atoms with van der Waals surface area (Å²) >= 11 is 0. The molecule has 1 aromatic heterocycles. The summed E-state index contributed by atoms with van der Waals surface area (Å²) in [6.45, 7) is 3.59. The lowest BCUT2D eigenvalue weighted by molar-refractivity contribution is -0.137. The van der Waals surface area contributed by atoms with Crippen molar-refractivity contribution in [3.63, 3.8) is 0 Å². The number of likely N-dealkylation sites (tertiary alicyclic amines) is 1. The Labute approximate surface area is 240 Å². The topological polar surface area (TPSA) is 86.8 Å². The van der Waals surface area contributed by atoms with Crippen LogP contribution >= 0.6 is 0 Å². The minimum atomic E-state index is -4.59. The molecule has 8 nitrogen and oxygen atoms in total. The van der Waals surface area contributed by atoms with Crippen LogP contribution in [0.2, 0.25) is 0 Å². The normalized spacial score (nSPS) is 16.4. The van der Waals surface area contributed by atoms with E-state index >= 15 is 0 Å². The summed E-state index contributed by atoms with van der Waals surface area (Å²) in [5.41, 5.74) is 0.0271. The summed E-state index contributed by atoms with van der Waals surface area (Å²) < 4.78 is 59.1. The van der Waals surface area contributed by atoms with Gasteiger partial charge < -0.3 is 25.2 Å². The summed E-state index contributed by atoms with van der Waals surface area (Å²) in [5.74, 6) is -1.89. The van der Waals surface area contributed by atoms with E-state index in [9.17, 15) is 27.2 Å². The molecule has 0 atom stereocenters. The van der Waals surface area contributed by atoms with Crippen LogP contribution in [0.5, 0.6) is 5.75 Å². The average molecular weight is 586 g/mol. The van der Waals surface area contributed by atoms with Crippen LogP contribution in [0.15, 0.2) is 54.7 Å². The summed E-state index contributed by atoms with van der Waals surface area (Å²) in [5, 5.41) is 5.04. The molecule has 5 rings (SSSR count). The van der Waals surface area contributed by atoms with Crippen molar-refractivity contribution in [1.29, 1.82) is 0 Å². The fourth-order valence-electron chi connectivity index (χ4n) is 5.07. The maximum atomic E-state index is 14.2. The van der Waals surface area contributed by atoms with Crippen molar-refractivity contribution in [2.75, 3.05) is 48.8 Å². The fraction of sp³-hybridized carbons (Fsp3) is 0.367. The number of rotatable bonds is 7. The first-order valence-corrected chi connectivity index (χ1v) is 13.8. The van der Waals surface area contributed by atoms with E-state index in [1.807, 2.05) is 19.2 Å². The Morgan fingerprint density at radius 2 is 1.62 bits per heavy atom. The second kappa shape index (κ2) is 12.4. The van der Waals surface area contributed by atoms with Crippen LogP contribution in [0, 0.1) is 5.82 Å². The van der Waals surface area contributed by atoms with Gasteiger partial charge in [-0.2, -0.15) is 13.2 Å². The molecule has 2 amide bonds. The molecule has 2 aromatic carbocycles. The van der Waals surface area contributed by atoms with Gasteiger partial charge in [-0.3, -0.25) is 9.59 Å². The predicted octanol–water partition coefficient (Wildman–Crippen LogP) is 5.82. The molecule has 0 saturated carbocycles. The zero-order valence-corrected chi connectivity index (χ0v) is 23.0. The number of alkyl halides is 3. The zero-order chi connectivity index (χ0) is 29.9. The van der Waals surface area contributed by atoms with Gasteiger partial charge in [-0.1, -0.05) is 0 Å². The second-order valence-electron chi connectivity index (χ2n) is 10.5. The third-order valence-electron chi connectivity index (χ3n) is 7.45. The number of nitrogens with one attached hydrogen (secondary N) is 2. The lowest BCUT2D eigenvalue weighted by Crippen LogP contribution is -2.36. The number of hydrogen-bond acceptors (Lipinski definition) is 6. The van der Waals surface area contributed by atoms with Gasteiger partial charge in [0, 0.05) is 44.1 Å². The minimum Gasteiger partial charge on any atom is -0.489 e. The van der Waals surface area contributed by atoms with Gasteiger partial charge in [0.2, 0.25) is 0 Å². The second-order valence-corrected chi connectivity index (χ2v) is 10.5. The SMILES string of the molecule is CN1CCC(Oc2cc(N3CCCC3)ccc2C(=O)Nc2ccc(F)cc2C(=O)Nc2ccc(C(F)(F)F)cn2)CC1. The van der Waals surface area contributed by atoms with Crippen molar-refractivity contribution in [1.82, 2.24) is 9.88 Å². The van der Waals surface area contributed by atoms with Crippen LogP contribution in [0.1, 0.15) is 52.0 Å². The van der Waals surface area contributed by atoms with Crippen LogP contribution in [-0.2, 0) is 6.18 Å². The van der Waals surface area contributed by atoms with Crippen LogP contribution in [0.4, 0.5) is 34.8 Å². The largest absolute Gasteiger partial charge is 0.489 e. The molecule has 2 aliphatic heterocycles. The lowest BCUT2D eigenvalue weighted by atomic mass is 10.1. The number of carbonyl (C=O) groups is 2. The molecule has 0 aliphatic carbocycles. The number of pyridine rings is 1. The van der Waals surface area contributed by atoms with Crippen molar-refractivity contribution >= 4 is 29.0 Å². The van der Waals surface area contributed by atoms with E-state index in [4.69, 9.17) is 4.74 Å². The quantitative estimate of drug-likeness (QED) is 0.340. The van der Waals surface area contributed by atoms with E-state index in [0.29, 0.717) is 11.9 Å². The number of amides is 2. The maximum Gasteiger partial charge on any atom is 0.417 e. The first-order chi connectivity index (χ1) is 20.1. The highest BCUT2D eigenvalue weighted by atomic mass is 19.4. The van der Waals surface area contributed by atoms with E-state index in [1.54, 1.807) is 6.07 Å². The van der Waals surface area contributed by atoms with E-state index in [-0.39, 0.29) is 28.7 Å². The predicted molar refractivity (Wildman–Crippen MR) is 151 cm³/mol. The van der Waals surface area contributed by atoms with Gasteiger partial charge in [-0.15, -0.1) is 0 Å². The van der Waals surface area contributed by atoms with Crippen LogP contribution in [0.3, 0.4) is 0 Å². The number of piperidine rings is 1. The first kappa shape index (κ1) is 29.3. The van der Waals surface area contributed by atoms with E-state index in [1.165, 1.54) is 6.07 Å². The van der Waals surface area contributed by atoms with Crippen molar-refractivity contribution in [3.05, 3.63) is 77.2 Å². The standard InChI is InChI=1S/C30H31F4N5O3/c1-38-14-10-22(11-15-38)42-26-17-21(39-12-2-3-13-39)6-7-23(26)28(40)36-25-8-5-20(31)16-24(25)29(41)37-27-9-4-19(18-35-27)30(32,33)34/h4-9,16-18,22H,2-3,10-15H2,1H3,(H,36,40)(H,35,37,41). The number of aromatic nitrogens is 1. The Kier molecular flexibility index (Phi) is 8.62. The molecule has 222 valence electrons. The monoisotopic (exact) mass is 585 g/mol. The number of ether oxygens (including phenoxy) is 1. The fourth-order valence-corrected chi connectivity index (χ4v) is 5.07. The molecule has 3 heterocycles. The number of benzene rings is 2. The highest BCUT2D eigenvalue weighted by molar-refractivity contribution is 6.13. The maximum absolute atomic E-state index is 14.2. The van der Waals surface area contributed by atoms with Crippen molar-refractivity contribution in [2.45, 2.75) is 38.0 Å². The highest BCUT2D eigenvalue weighted by Gasteiger charge is 2.31. The molecule has 0 spiro atoms. The Bertz CT molecular complexity index is 1430. The third kappa shape index (κ3) is 6.99. The summed E-state index contributed by atoms with van der Waals surface area (Å²) in [4.78, 5) is 34.6. The Hall–Kier alpha value is -4.19. The Morgan fingerprint density at radius 1 is 0.905 bits per heavy atom. The van der Waals surface area contributed by atoms with Gasteiger partial charge in [0.15, 0.2) is 0 Å². The lowest BCUT2D eigenvalue weighted by Gasteiger charge is -2.30. The summed E-state index contributed by atoms with van der Waals surface area (Å²) in [7, 11) is 2.05. The van der Waals surface area contributed by atoms with Crippen molar-refractivity contribution < 1.29 is 31.9 Å². The summed E-state index contributed by atoms with van der Waals surface area (Å²) in [6.07, 6.45) is -0.266. The van der Waals surface area contributed by atoms with E-state index < -0.39 is 29.4 Å². The van der Waals surface area contributed by atoms with Crippen molar-refractivity contribution in [3.8, 4) is 5.75 Å². The number of hydrogen-bond donors (Lipinski definition) is 2. The molecule has 42 heavy (non-hydrogen) atoms. The molecule has 2 fully saturated rings. The Morgan fingerprint density at radius 3 is 2.29 bits per heavy atom. The molecular formula is C30H31F4N5O3. The number of nitrogens with zero attached hydrogens (tertiary/aromatic N) is 3. The van der Waals surface area contributed by atoms with Gasteiger partial charge in [0.05, 0.1) is 22.4 Å². The number of anilines is 3. The van der Waals surface area contributed by atoms with Gasteiger partial charge in [0.1, 0.15) is 23.5 Å². The molecule has 2 aliphatic rings. The molecule has 0 radical (unpaired) electrons. The van der Waals surface area contributed by atoms with Crippen LogP contribution < -0.4 is 20.3 Å². The zero-order valence-electron chi connectivity index (χ0n) is 23.0. The van der Waals surface area contributed by atoms with Gasteiger partial charge in [0.25, 0.3) is 11.8 Å². The average Bonchev–Trinajstić information content (AvgIpc) is 3.50. The molecule has 3 aromatic rings. The minimum absolute atomic E-state index is 0.0136. The third-order valence-corrected chi connectivity index (χ3v) is 7.45. The van der Waals surface area contributed by atoms with E-state index in [0.717, 1.165) is 81.8 Å². The molecule has 0 bridgehead atoms. The highest BCUT2D eigenvalue weighted by Crippen LogP contribution is 2.32. The molecule has 0 unspecified atom stereocenters. The summed E-state index contributed by atoms with van der Waals surface area (Å²) in [6, 6.07) is 10.4. The first-order valence-electron chi connectivity index (χ1n) is 13.8. The van der Waals surface area contributed by atoms with Gasteiger partial charge in [-0.05, 0) is 75.2 Å². The smallest absolute Gasteiger partial charge is 0.417 e. The van der Waals surface area contributed by atoms with Crippen LogP contribution in [-0.4, -0.2) is 61.0 Å². The van der Waals surface area contributed by atoms with Crippen molar-refractivity contribution in [2.24, 2.45) is 0 Å². The molecule has 2 N–H and O–H groups in total. The van der Waals surface area contributed by atoms with Gasteiger partial charge >= 0.3 is 6.18 Å². The molecular weight excluding hydrogens is 554 g/mol.